The molecule has 0 saturated heterocycles. The molecule has 96 valence electrons. The maximum Gasteiger partial charge on any atom is 0.253 e. The Bertz CT molecular complexity index is 525. The summed E-state index contributed by atoms with van der Waals surface area (Å²) in [5, 5.41) is 7.56. The van der Waals surface area contributed by atoms with Crippen molar-refractivity contribution in [3.8, 4) is 11.5 Å². The Morgan fingerprint density at radius 3 is 2.67 bits per heavy atom. The fourth-order valence-corrected chi connectivity index (χ4v) is 1.46. The van der Waals surface area contributed by atoms with Crippen molar-refractivity contribution in [2.45, 2.75) is 20.1 Å². The van der Waals surface area contributed by atoms with Gasteiger partial charge in [0, 0.05) is 0 Å². The van der Waals surface area contributed by atoms with Gasteiger partial charge in [0.2, 0.25) is 5.89 Å². The van der Waals surface area contributed by atoms with Crippen LogP contribution >= 0.6 is 0 Å². The number of hydrogen-bond donors (Lipinski definition) is 1. The largest absolute Gasteiger partial charge is 0.493 e. The van der Waals surface area contributed by atoms with Crippen molar-refractivity contribution < 1.29 is 13.9 Å². The summed E-state index contributed by atoms with van der Waals surface area (Å²) in [6, 6.07) is 5.68. The minimum absolute atomic E-state index is 0.187. The molecule has 2 rings (SSSR count). The van der Waals surface area contributed by atoms with Gasteiger partial charge < -0.3 is 19.6 Å². The van der Waals surface area contributed by atoms with Gasteiger partial charge in [0.1, 0.15) is 0 Å². The van der Waals surface area contributed by atoms with E-state index < -0.39 is 0 Å². The quantitative estimate of drug-likeness (QED) is 0.862. The molecule has 18 heavy (non-hydrogen) atoms. The molecule has 0 aliphatic heterocycles. The van der Waals surface area contributed by atoms with Gasteiger partial charge in [-0.2, -0.15) is 0 Å². The third-order valence-electron chi connectivity index (χ3n) is 2.35. The summed E-state index contributed by atoms with van der Waals surface area (Å²) in [5.74, 6) is 2.09. The lowest BCUT2D eigenvalue weighted by Crippen LogP contribution is -1.98. The Labute approximate surface area is 105 Å². The summed E-state index contributed by atoms with van der Waals surface area (Å²) in [6.45, 7) is 2.39. The SMILES string of the molecule is COc1cc(C)ccc1OCc1nnc(CN)o1. The molecule has 6 nitrogen and oxygen atoms in total. The highest BCUT2D eigenvalue weighted by Gasteiger charge is 2.08. The van der Waals surface area contributed by atoms with Gasteiger partial charge in [0.15, 0.2) is 18.1 Å². The predicted molar refractivity (Wildman–Crippen MR) is 64.3 cm³/mol. The van der Waals surface area contributed by atoms with Crippen LogP contribution in [0.25, 0.3) is 0 Å². The molecule has 6 heteroatoms. The second-order valence-corrected chi connectivity index (χ2v) is 3.74. The molecule has 2 N–H and O–H groups in total. The van der Waals surface area contributed by atoms with Gasteiger partial charge in [-0.25, -0.2) is 0 Å². The van der Waals surface area contributed by atoms with E-state index in [-0.39, 0.29) is 13.2 Å². The van der Waals surface area contributed by atoms with Gasteiger partial charge in [-0.15, -0.1) is 10.2 Å². The topological polar surface area (TPSA) is 83.4 Å². The van der Waals surface area contributed by atoms with Gasteiger partial charge in [0.05, 0.1) is 13.7 Å². The molecule has 0 unspecified atom stereocenters. The molecule has 2 aromatic rings. The van der Waals surface area contributed by atoms with Crippen molar-refractivity contribution in [3.05, 3.63) is 35.5 Å². The van der Waals surface area contributed by atoms with Crippen molar-refractivity contribution in [2.75, 3.05) is 7.11 Å². The average Bonchev–Trinajstić information content (AvgIpc) is 2.85. The van der Waals surface area contributed by atoms with Gasteiger partial charge in [-0.05, 0) is 24.6 Å². The number of methoxy groups -OCH3 is 1. The van der Waals surface area contributed by atoms with E-state index in [1.54, 1.807) is 7.11 Å². The van der Waals surface area contributed by atoms with Crippen molar-refractivity contribution in [1.82, 2.24) is 10.2 Å². The van der Waals surface area contributed by atoms with Crippen LogP contribution in [0.1, 0.15) is 17.3 Å². The second-order valence-electron chi connectivity index (χ2n) is 3.74. The van der Waals surface area contributed by atoms with Crippen molar-refractivity contribution in [2.24, 2.45) is 5.73 Å². The van der Waals surface area contributed by atoms with Gasteiger partial charge in [-0.1, -0.05) is 6.07 Å². The Balaban J connectivity index is 2.05. The first-order valence-corrected chi connectivity index (χ1v) is 5.51. The van der Waals surface area contributed by atoms with E-state index in [9.17, 15) is 0 Å². The second kappa shape index (κ2) is 5.50. The van der Waals surface area contributed by atoms with Crippen LogP contribution in [0.3, 0.4) is 0 Å². The lowest BCUT2D eigenvalue weighted by molar-refractivity contribution is 0.247. The Hall–Kier alpha value is -2.08. The maximum atomic E-state index is 5.56. The number of aromatic nitrogens is 2. The summed E-state index contributed by atoms with van der Waals surface area (Å²) in [6.07, 6.45) is 0. The molecule has 1 heterocycles. The minimum Gasteiger partial charge on any atom is -0.493 e. The molecule has 0 aliphatic rings. The number of nitrogens with two attached hydrogens (primary N) is 1. The minimum atomic E-state index is 0.187. The van der Waals surface area contributed by atoms with E-state index in [1.165, 1.54) is 0 Å². The van der Waals surface area contributed by atoms with Crippen LogP contribution < -0.4 is 15.2 Å². The Morgan fingerprint density at radius 1 is 1.22 bits per heavy atom. The van der Waals surface area contributed by atoms with Crippen LogP contribution in [0.2, 0.25) is 0 Å². The van der Waals surface area contributed by atoms with Crippen LogP contribution in [0.5, 0.6) is 11.5 Å². The molecular formula is C12H15N3O3. The average molecular weight is 249 g/mol. The zero-order chi connectivity index (χ0) is 13.0. The summed E-state index contributed by atoms with van der Waals surface area (Å²) in [7, 11) is 1.60. The standard InChI is InChI=1S/C12H15N3O3/c1-8-3-4-9(10(5-8)16-2)17-7-12-15-14-11(6-13)18-12/h3-5H,6-7,13H2,1-2H3. The number of benzene rings is 1. The molecule has 1 aromatic carbocycles. The number of nitrogens with zero attached hydrogens (tertiary/aromatic N) is 2. The predicted octanol–water partition coefficient (Wildman–Crippen LogP) is 1.42. The first kappa shape index (κ1) is 12.4. The highest BCUT2D eigenvalue weighted by Crippen LogP contribution is 2.28. The van der Waals surface area contributed by atoms with E-state index in [4.69, 9.17) is 19.6 Å². The van der Waals surface area contributed by atoms with Gasteiger partial charge >= 0.3 is 0 Å². The molecule has 1 aromatic heterocycles. The third-order valence-corrected chi connectivity index (χ3v) is 2.35. The molecule has 0 spiro atoms. The van der Waals surface area contributed by atoms with E-state index in [2.05, 4.69) is 10.2 Å². The van der Waals surface area contributed by atoms with Crippen molar-refractivity contribution >= 4 is 0 Å². The number of aryl methyl sites for hydroxylation is 1. The van der Waals surface area contributed by atoms with Gasteiger partial charge in [-0.3, -0.25) is 0 Å². The maximum absolute atomic E-state index is 5.56. The molecule has 0 aliphatic carbocycles. The summed E-state index contributed by atoms with van der Waals surface area (Å²) < 4.78 is 16.0. The molecule has 0 saturated carbocycles. The van der Waals surface area contributed by atoms with Crippen LogP contribution in [0, 0.1) is 6.92 Å². The molecule has 0 amide bonds. The smallest absolute Gasteiger partial charge is 0.253 e. The normalized spacial score (nSPS) is 10.4. The number of rotatable bonds is 5. The van der Waals surface area contributed by atoms with E-state index in [0.29, 0.717) is 23.3 Å². The van der Waals surface area contributed by atoms with Crippen LogP contribution in [0.15, 0.2) is 22.6 Å². The van der Waals surface area contributed by atoms with Crippen molar-refractivity contribution in [3.63, 3.8) is 0 Å². The third kappa shape index (κ3) is 2.78. The zero-order valence-corrected chi connectivity index (χ0v) is 10.3. The van der Waals surface area contributed by atoms with Crippen molar-refractivity contribution in [1.29, 1.82) is 0 Å². The molecule has 0 atom stereocenters. The van der Waals surface area contributed by atoms with E-state index in [0.717, 1.165) is 5.56 Å². The number of ether oxygens (including phenoxy) is 2. The first-order chi connectivity index (χ1) is 8.72. The Kier molecular flexibility index (Phi) is 3.78. The van der Waals surface area contributed by atoms with E-state index >= 15 is 0 Å². The highest BCUT2D eigenvalue weighted by molar-refractivity contribution is 5.42. The van der Waals surface area contributed by atoms with Crippen LogP contribution in [0.4, 0.5) is 0 Å². The lowest BCUT2D eigenvalue weighted by atomic mass is 10.2. The summed E-state index contributed by atoms with van der Waals surface area (Å²) >= 11 is 0. The fourth-order valence-electron chi connectivity index (χ4n) is 1.46. The highest BCUT2D eigenvalue weighted by atomic mass is 16.5. The van der Waals surface area contributed by atoms with E-state index in [1.807, 2.05) is 25.1 Å². The monoisotopic (exact) mass is 249 g/mol. The van der Waals surface area contributed by atoms with Gasteiger partial charge in [0.25, 0.3) is 5.89 Å². The molecule has 0 bridgehead atoms. The number of hydrogen-bond acceptors (Lipinski definition) is 6. The fraction of sp³-hybridized carbons (Fsp3) is 0.333. The lowest BCUT2D eigenvalue weighted by Gasteiger charge is -2.09. The molecular weight excluding hydrogens is 234 g/mol. The summed E-state index contributed by atoms with van der Waals surface area (Å²) in [5.41, 5.74) is 6.48. The summed E-state index contributed by atoms with van der Waals surface area (Å²) in [4.78, 5) is 0. The zero-order valence-electron chi connectivity index (χ0n) is 10.3. The molecule has 0 fully saturated rings. The van der Waals surface area contributed by atoms with Crippen LogP contribution in [-0.2, 0) is 13.2 Å². The Morgan fingerprint density at radius 2 is 2.00 bits per heavy atom. The van der Waals surface area contributed by atoms with Crippen LogP contribution in [-0.4, -0.2) is 17.3 Å². The first-order valence-electron chi connectivity index (χ1n) is 5.51. The molecule has 0 radical (unpaired) electrons.